The van der Waals surface area contributed by atoms with Crippen molar-refractivity contribution >= 4 is 5.97 Å². The number of para-hydroxylation sites is 1. The Hall–Kier alpha value is -1.55. The molecule has 1 rings (SSSR count). The first-order chi connectivity index (χ1) is 8.52. The molecule has 0 unspecified atom stereocenters. The van der Waals surface area contributed by atoms with E-state index >= 15 is 0 Å². The van der Waals surface area contributed by atoms with Gasteiger partial charge in [0.2, 0.25) is 0 Å². The van der Waals surface area contributed by atoms with E-state index in [1.807, 2.05) is 0 Å². The van der Waals surface area contributed by atoms with E-state index in [0.29, 0.717) is 18.4 Å². The van der Waals surface area contributed by atoms with Crippen LogP contribution in [0.15, 0.2) is 24.3 Å². The highest BCUT2D eigenvalue weighted by atomic mass is 16.5. The number of rotatable bonds is 7. The van der Waals surface area contributed by atoms with Crippen molar-refractivity contribution in [3.63, 3.8) is 0 Å². The Kier molecular flexibility index (Phi) is 5.65. The third-order valence-corrected chi connectivity index (χ3v) is 2.91. The van der Waals surface area contributed by atoms with Gasteiger partial charge in [-0.25, -0.2) is 4.79 Å². The number of hydrogen-bond acceptors (Lipinski definition) is 3. The topological polar surface area (TPSA) is 49.8 Å². The van der Waals surface area contributed by atoms with E-state index in [4.69, 9.17) is 9.84 Å². The summed E-state index contributed by atoms with van der Waals surface area (Å²) in [7, 11) is 2.07. The van der Waals surface area contributed by atoms with Crippen LogP contribution in [-0.2, 0) is 0 Å². The average Bonchev–Trinajstić information content (AvgIpc) is 2.34. The molecule has 0 fully saturated rings. The molecule has 0 radical (unpaired) electrons. The molecule has 0 saturated heterocycles. The molecular weight excluding hydrogens is 230 g/mol. The summed E-state index contributed by atoms with van der Waals surface area (Å²) in [6.07, 6.45) is 0.878. The summed E-state index contributed by atoms with van der Waals surface area (Å²) >= 11 is 0. The smallest absolute Gasteiger partial charge is 0.339 e. The molecule has 18 heavy (non-hydrogen) atoms. The zero-order chi connectivity index (χ0) is 13.5. The monoisotopic (exact) mass is 251 g/mol. The first-order valence-corrected chi connectivity index (χ1v) is 6.17. The Morgan fingerprint density at radius 1 is 1.39 bits per heavy atom. The van der Waals surface area contributed by atoms with Gasteiger partial charge in [-0.2, -0.15) is 0 Å². The highest BCUT2D eigenvalue weighted by Crippen LogP contribution is 2.17. The molecule has 0 bridgehead atoms. The fourth-order valence-corrected chi connectivity index (χ4v) is 1.52. The van der Waals surface area contributed by atoms with Crippen LogP contribution in [0.3, 0.4) is 0 Å². The number of ether oxygens (including phenoxy) is 1. The van der Waals surface area contributed by atoms with Crippen molar-refractivity contribution in [3.8, 4) is 5.75 Å². The number of hydrogen-bond donors (Lipinski definition) is 1. The number of nitrogens with zero attached hydrogens (tertiary/aromatic N) is 1. The molecule has 4 heteroatoms. The lowest BCUT2D eigenvalue weighted by Crippen LogP contribution is -2.28. The minimum atomic E-state index is -0.954. The van der Waals surface area contributed by atoms with Crippen molar-refractivity contribution in [1.29, 1.82) is 0 Å². The Balaban J connectivity index is 2.42. The van der Waals surface area contributed by atoms with E-state index in [1.54, 1.807) is 24.3 Å². The van der Waals surface area contributed by atoms with Crippen LogP contribution < -0.4 is 4.74 Å². The predicted octanol–water partition coefficient (Wildman–Crippen LogP) is 2.49. The van der Waals surface area contributed by atoms with Gasteiger partial charge in [0, 0.05) is 12.6 Å². The number of aromatic carboxylic acids is 1. The summed E-state index contributed by atoms with van der Waals surface area (Å²) in [5.41, 5.74) is 0.217. The lowest BCUT2D eigenvalue weighted by atomic mass is 10.2. The van der Waals surface area contributed by atoms with Crippen molar-refractivity contribution < 1.29 is 14.6 Å². The number of carboxylic acid groups (broad SMARTS) is 1. The van der Waals surface area contributed by atoms with Crippen molar-refractivity contribution in [2.24, 2.45) is 0 Å². The maximum Gasteiger partial charge on any atom is 0.339 e. The van der Waals surface area contributed by atoms with Gasteiger partial charge in [-0.1, -0.05) is 12.1 Å². The van der Waals surface area contributed by atoms with Crippen LogP contribution in [0.2, 0.25) is 0 Å². The molecule has 0 aliphatic rings. The first kappa shape index (κ1) is 14.5. The third-order valence-electron chi connectivity index (χ3n) is 2.91. The molecule has 1 aromatic rings. The van der Waals surface area contributed by atoms with E-state index in [0.717, 1.165) is 13.0 Å². The molecule has 1 N–H and O–H groups in total. The van der Waals surface area contributed by atoms with Crippen LogP contribution in [0.25, 0.3) is 0 Å². The number of benzene rings is 1. The molecule has 100 valence electrons. The predicted molar refractivity (Wildman–Crippen MR) is 71.3 cm³/mol. The van der Waals surface area contributed by atoms with Gasteiger partial charge in [-0.05, 0) is 39.4 Å². The minimum Gasteiger partial charge on any atom is -0.493 e. The van der Waals surface area contributed by atoms with Crippen molar-refractivity contribution in [1.82, 2.24) is 4.90 Å². The summed E-state index contributed by atoms with van der Waals surface area (Å²) in [6.45, 7) is 5.75. The van der Waals surface area contributed by atoms with Crippen LogP contribution in [0.1, 0.15) is 30.6 Å². The summed E-state index contributed by atoms with van der Waals surface area (Å²) in [6, 6.07) is 7.23. The molecule has 0 aliphatic heterocycles. The molecule has 0 spiro atoms. The van der Waals surface area contributed by atoms with Crippen LogP contribution in [0.4, 0.5) is 0 Å². The maximum absolute atomic E-state index is 11.0. The zero-order valence-electron chi connectivity index (χ0n) is 11.2. The standard InChI is InChI=1S/C14H21NO3/c1-11(2)15(3)9-6-10-18-13-8-5-4-7-12(13)14(16)17/h4-5,7-8,11H,6,9-10H2,1-3H3,(H,16,17). The molecule has 0 heterocycles. The Labute approximate surface area is 108 Å². The molecule has 0 saturated carbocycles. The molecule has 0 aliphatic carbocycles. The molecule has 0 aromatic heterocycles. The molecular formula is C14H21NO3. The molecule has 1 aromatic carbocycles. The minimum absolute atomic E-state index is 0.217. The lowest BCUT2D eigenvalue weighted by Gasteiger charge is -2.20. The second-order valence-corrected chi connectivity index (χ2v) is 4.58. The number of carboxylic acids is 1. The van der Waals surface area contributed by atoms with E-state index in [-0.39, 0.29) is 5.56 Å². The molecule has 4 nitrogen and oxygen atoms in total. The normalized spacial score (nSPS) is 10.9. The van der Waals surface area contributed by atoms with Gasteiger partial charge in [0.15, 0.2) is 0 Å². The van der Waals surface area contributed by atoms with Crippen molar-refractivity contribution in [3.05, 3.63) is 29.8 Å². The zero-order valence-corrected chi connectivity index (χ0v) is 11.2. The van der Waals surface area contributed by atoms with Gasteiger partial charge in [0.05, 0.1) is 6.61 Å². The largest absolute Gasteiger partial charge is 0.493 e. The molecule has 0 amide bonds. The van der Waals surface area contributed by atoms with Gasteiger partial charge < -0.3 is 14.7 Å². The van der Waals surface area contributed by atoms with E-state index < -0.39 is 5.97 Å². The fourth-order valence-electron chi connectivity index (χ4n) is 1.52. The van der Waals surface area contributed by atoms with Crippen LogP contribution in [0.5, 0.6) is 5.75 Å². The third kappa shape index (κ3) is 4.37. The summed E-state index contributed by atoms with van der Waals surface area (Å²) in [5, 5.41) is 8.99. The summed E-state index contributed by atoms with van der Waals surface area (Å²) < 4.78 is 5.52. The van der Waals surface area contributed by atoms with Gasteiger partial charge in [0.25, 0.3) is 0 Å². The summed E-state index contributed by atoms with van der Waals surface area (Å²) in [5.74, 6) is -0.512. The average molecular weight is 251 g/mol. The van der Waals surface area contributed by atoms with Gasteiger partial charge in [0.1, 0.15) is 11.3 Å². The van der Waals surface area contributed by atoms with Crippen molar-refractivity contribution in [2.45, 2.75) is 26.3 Å². The van der Waals surface area contributed by atoms with Gasteiger partial charge in [-0.15, -0.1) is 0 Å². The second kappa shape index (κ2) is 7.01. The van der Waals surface area contributed by atoms with Gasteiger partial charge >= 0.3 is 5.97 Å². The maximum atomic E-state index is 11.0. The SMILES string of the molecule is CC(C)N(C)CCCOc1ccccc1C(=O)O. The van der Waals surface area contributed by atoms with E-state index in [9.17, 15) is 4.79 Å². The lowest BCUT2D eigenvalue weighted by molar-refractivity contribution is 0.0692. The van der Waals surface area contributed by atoms with Crippen LogP contribution in [0, 0.1) is 0 Å². The summed E-state index contributed by atoms with van der Waals surface area (Å²) in [4.78, 5) is 13.2. The Bertz CT molecular complexity index is 390. The highest BCUT2D eigenvalue weighted by Gasteiger charge is 2.10. The Morgan fingerprint density at radius 3 is 2.67 bits per heavy atom. The van der Waals surface area contributed by atoms with E-state index in [2.05, 4.69) is 25.8 Å². The first-order valence-electron chi connectivity index (χ1n) is 6.17. The fraction of sp³-hybridized carbons (Fsp3) is 0.500. The number of carbonyl (C=O) groups is 1. The van der Waals surface area contributed by atoms with Crippen molar-refractivity contribution in [2.75, 3.05) is 20.2 Å². The quantitative estimate of drug-likeness (QED) is 0.756. The molecule has 0 atom stereocenters. The highest BCUT2D eigenvalue weighted by molar-refractivity contribution is 5.90. The van der Waals surface area contributed by atoms with Crippen LogP contribution in [-0.4, -0.2) is 42.2 Å². The second-order valence-electron chi connectivity index (χ2n) is 4.58. The van der Waals surface area contributed by atoms with E-state index in [1.165, 1.54) is 0 Å². The van der Waals surface area contributed by atoms with Gasteiger partial charge in [-0.3, -0.25) is 0 Å². The van der Waals surface area contributed by atoms with Crippen LogP contribution >= 0.6 is 0 Å². The Morgan fingerprint density at radius 2 is 2.06 bits per heavy atom.